The molecule has 1 fully saturated rings. The van der Waals surface area contributed by atoms with Crippen LogP contribution in [0.1, 0.15) is 5.56 Å². The molecule has 10 heteroatoms. The number of aromatic nitrogens is 2. The summed E-state index contributed by atoms with van der Waals surface area (Å²) in [6.07, 6.45) is 1.08. The van der Waals surface area contributed by atoms with Gasteiger partial charge in [-0.05, 0) is 17.7 Å². The summed E-state index contributed by atoms with van der Waals surface area (Å²) >= 11 is 1.54. The number of carbonyl (C=O) groups excluding carboxylic acids is 1. The Morgan fingerprint density at radius 2 is 2.04 bits per heavy atom. The number of carbonyl (C=O) groups is 1. The molecule has 1 atom stereocenters. The quantitative estimate of drug-likeness (QED) is 0.720. The number of morpholine rings is 1. The van der Waals surface area contributed by atoms with Crippen LogP contribution in [-0.4, -0.2) is 60.9 Å². The first-order chi connectivity index (χ1) is 12.9. The fourth-order valence-corrected chi connectivity index (χ4v) is 4.39. The lowest BCUT2D eigenvalue weighted by Crippen LogP contribution is -2.53. The second-order valence-electron chi connectivity index (χ2n) is 5.98. The number of benzene rings is 1. The van der Waals surface area contributed by atoms with Crippen molar-refractivity contribution in [2.75, 3.05) is 31.3 Å². The lowest BCUT2D eigenvalue weighted by molar-refractivity contribution is -0.123. The van der Waals surface area contributed by atoms with E-state index in [-0.39, 0.29) is 25.6 Å². The smallest absolute Gasteiger partial charge is 0.246 e. The van der Waals surface area contributed by atoms with Gasteiger partial charge in [-0.15, -0.1) is 10.2 Å². The van der Waals surface area contributed by atoms with Gasteiger partial charge in [0.2, 0.25) is 15.9 Å². The van der Waals surface area contributed by atoms with Crippen LogP contribution in [0.25, 0.3) is 0 Å². The molecule has 1 aromatic carbocycles. The number of thioether (sulfide) groups is 1. The molecular formula is C17H20N4O4S2. The Kier molecular flexibility index (Phi) is 6.42. The summed E-state index contributed by atoms with van der Waals surface area (Å²) in [5, 5.41) is 11.4. The van der Waals surface area contributed by atoms with Gasteiger partial charge in [0, 0.05) is 12.3 Å². The van der Waals surface area contributed by atoms with E-state index in [2.05, 4.69) is 15.5 Å². The van der Waals surface area contributed by atoms with Crippen LogP contribution in [0, 0.1) is 0 Å². The van der Waals surface area contributed by atoms with Crippen molar-refractivity contribution < 1.29 is 17.9 Å². The Hall–Kier alpha value is -2.01. The summed E-state index contributed by atoms with van der Waals surface area (Å²) in [4.78, 5) is 12.5. The van der Waals surface area contributed by atoms with Gasteiger partial charge in [0.05, 0.1) is 19.5 Å². The molecule has 1 N–H and O–H groups in total. The van der Waals surface area contributed by atoms with Crippen LogP contribution >= 0.6 is 11.8 Å². The molecule has 1 aromatic heterocycles. The summed E-state index contributed by atoms with van der Waals surface area (Å²) < 4.78 is 30.1. The highest BCUT2D eigenvalue weighted by molar-refractivity contribution is 7.98. The van der Waals surface area contributed by atoms with Gasteiger partial charge >= 0.3 is 0 Å². The van der Waals surface area contributed by atoms with Crippen LogP contribution in [0.15, 0.2) is 47.5 Å². The van der Waals surface area contributed by atoms with Crippen molar-refractivity contribution in [2.45, 2.75) is 16.8 Å². The molecule has 2 heterocycles. The molecule has 27 heavy (non-hydrogen) atoms. The molecule has 1 amide bonds. The van der Waals surface area contributed by atoms with Crippen LogP contribution in [0.3, 0.4) is 0 Å². The Morgan fingerprint density at radius 1 is 1.26 bits per heavy atom. The van der Waals surface area contributed by atoms with Gasteiger partial charge in [0.25, 0.3) is 0 Å². The molecule has 1 aliphatic heterocycles. The molecule has 144 valence electrons. The van der Waals surface area contributed by atoms with E-state index in [1.807, 2.05) is 30.3 Å². The average molecular weight is 409 g/mol. The maximum atomic E-state index is 12.5. The summed E-state index contributed by atoms with van der Waals surface area (Å²) in [5.74, 6) is 0.548. The number of amides is 1. The standard InChI is InChI=1S/C17H20N4O4S2/c1-27(23,24)21-9-10-25-11-14(21)17(22)18-15-7-8-16(20-19-15)26-12-13-5-3-2-4-6-13/h2-8,14H,9-12H2,1H3,(H,18,19,22). The maximum Gasteiger partial charge on any atom is 0.246 e. The minimum atomic E-state index is -3.50. The largest absolute Gasteiger partial charge is 0.378 e. The Labute approximate surface area is 162 Å². The van der Waals surface area contributed by atoms with Gasteiger partial charge in [-0.1, -0.05) is 42.1 Å². The SMILES string of the molecule is CS(=O)(=O)N1CCOCC1C(=O)Nc1ccc(SCc2ccccc2)nn1. The zero-order chi connectivity index (χ0) is 19.3. The van der Waals surface area contributed by atoms with Crippen LogP contribution in [0.5, 0.6) is 0 Å². The molecule has 0 spiro atoms. The maximum absolute atomic E-state index is 12.5. The van der Waals surface area contributed by atoms with Gasteiger partial charge in [-0.2, -0.15) is 4.31 Å². The van der Waals surface area contributed by atoms with E-state index in [4.69, 9.17) is 4.74 Å². The molecule has 0 aliphatic carbocycles. The highest BCUT2D eigenvalue weighted by atomic mass is 32.2. The van der Waals surface area contributed by atoms with E-state index < -0.39 is 22.0 Å². The third-order valence-corrected chi connectivity index (χ3v) is 6.21. The van der Waals surface area contributed by atoms with Crippen molar-refractivity contribution in [1.29, 1.82) is 0 Å². The number of nitrogens with one attached hydrogen (secondary N) is 1. The Bertz CT molecular complexity index is 876. The molecule has 0 saturated carbocycles. The van der Waals surface area contributed by atoms with E-state index in [0.29, 0.717) is 0 Å². The summed E-state index contributed by atoms with van der Waals surface area (Å²) in [6, 6.07) is 12.5. The lowest BCUT2D eigenvalue weighted by Gasteiger charge is -2.32. The first kappa shape index (κ1) is 19.7. The molecule has 8 nitrogen and oxygen atoms in total. The first-order valence-corrected chi connectivity index (χ1v) is 11.1. The molecule has 0 radical (unpaired) electrons. The zero-order valence-corrected chi connectivity index (χ0v) is 16.4. The third-order valence-electron chi connectivity index (χ3n) is 3.93. The van der Waals surface area contributed by atoms with Crippen LogP contribution in [-0.2, 0) is 25.3 Å². The summed E-state index contributed by atoms with van der Waals surface area (Å²) in [5.41, 5.74) is 1.18. The van der Waals surface area contributed by atoms with Crippen molar-refractivity contribution in [1.82, 2.24) is 14.5 Å². The van der Waals surface area contributed by atoms with Gasteiger partial charge in [0.15, 0.2) is 5.82 Å². The van der Waals surface area contributed by atoms with Crippen molar-refractivity contribution >= 4 is 33.5 Å². The molecule has 1 aliphatic rings. The van der Waals surface area contributed by atoms with Crippen LogP contribution < -0.4 is 5.32 Å². The van der Waals surface area contributed by atoms with E-state index in [1.165, 1.54) is 17.3 Å². The first-order valence-electron chi connectivity index (χ1n) is 8.29. The number of hydrogen-bond donors (Lipinski definition) is 1. The number of anilines is 1. The van der Waals surface area contributed by atoms with Gasteiger partial charge in [-0.25, -0.2) is 8.42 Å². The minimum Gasteiger partial charge on any atom is -0.378 e. The fraction of sp³-hybridized carbons (Fsp3) is 0.353. The molecule has 1 saturated heterocycles. The molecule has 1 unspecified atom stereocenters. The second-order valence-corrected chi connectivity index (χ2v) is 8.92. The number of nitrogens with zero attached hydrogens (tertiary/aromatic N) is 3. The summed E-state index contributed by atoms with van der Waals surface area (Å²) in [7, 11) is -3.50. The molecule has 3 rings (SSSR count). The van der Waals surface area contributed by atoms with E-state index in [9.17, 15) is 13.2 Å². The Morgan fingerprint density at radius 3 is 2.70 bits per heavy atom. The van der Waals surface area contributed by atoms with Gasteiger partial charge in [-0.3, -0.25) is 4.79 Å². The van der Waals surface area contributed by atoms with Crippen molar-refractivity contribution in [3.63, 3.8) is 0 Å². The van der Waals surface area contributed by atoms with E-state index >= 15 is 0 Å². The van der Waals surface area contributed by atoms with Crippen molar-refractivity contribution in [2.24, 2.45) is 0 Å². The minimum absolute atomic E-state index is 0.0113. The highest BCUT2D eigenvalue weighted by Crippen LogP contribution is 2.21. The van der Waals surface area contributed by atoms with Crippen molar-refractivity contribution in [3.8, 4) is 0 Å². The van der Waals surface area contributed by atoms with E-state index in [1.54, 1.807) is 12.1 Å². The fourth-order valence-electron chi connectivity index (χ4n) is 2.60. The Balaban J connectivity index is 1.59. The molecule has 0 bridgehead atoms. The van der Waals surface area contributed by atoms with Gasteiger partial charge < -0.3 is 10.1 Å². The number of ether oxygens (including phenoxy) is 1. The predicted octanol–water partition coefficient (Wildman–Crippen LogP) is 1.37. The summed E-state index contributed by atoms with van der Waals surface area (Å²) in [6.45, 7) is 0.430. The average Bonchev–Trinajstić information content (AvgIpc) is 2.67. The number of hydrogen-bond acceptors (Lipinski definition) is 7. The number of sulfonamides is 1. The van der Waals surface area contributed by atoms with Gasteiger partial charge in [0.1, 0.15) is 11.1 Å². The van der Waals surface area contributed by atoms with Crippen LogP contribution in [0.2, 0.25) is 0 Å². The van der Waals surface area contributed by atoms with Crippen LogP contribution in [0.4, 0.5) is 5.82 Å². The third kappa shape index (κ3) is 5.48. The highest BCUT2D eigenvalue weighted by Gasteiger charge is 2.35. The predicted molar refractivity (Wildman–Crippen MR) is 103 cm³/mol. The van der Waals surface area contributed by atoms with E-state index in [0.717, 1.165) is 21.3 Å². The lowest BCUT2D eigenvalue weighted by atomic mass is 10.2. The van der Waals surface area contributed by atoms with Crippen molar-refractivity contribution in [3.05, 3.63) is 48.0 Å². The normalized spacial score (nSPS) is 18.2. The zero-order valence-electron chi connectivity index (χ0n) is 14.7. The molecule has 2 aromatic rings. The second kappa shape index (κ2) is 8.79. The monoisotopic (exact) mass is 408 g/mol. The molecular weight excluding hydrogens is 388 g/mol. The topological polar surface area (TPSA) is 101 Å². The number of rotatable bonds is 6.